The van der Waals surface area contributed by atoms with Crippen molar-refractivity contribution < 1.29 is 18.8 Å². The molecule has 2 aliphatic rings. The second kappa shape index (κ2) is 7.21. The lowest BCUT2D eigenvalue weighted by molar-refractivity contribution is -0.135. The van der Waals surface area contributed by atoms with E-state index in [1.54, 1.807) is 15.9 Å². The van der Waals surface area contributed by atoms with Gasteiger partial charge in [-0.25, -0.2) is 4.79 Å². The van der Waals surface area contributed by atoms with Crippen LogP contribution in [0, 0.1) is 5.92 Å². The maximum Gasteiger partial charge on any atom is 0.327 e. The Morgan fingerprint density at radius 2 is 1.86 bits per heavy atom. The Labute approximate surface area is 170 Å². The molecule has 29 heavy (non-hydrogen) atoms. The number of benzene rings is 1. The summed E-state index contributed by atoms with van der Waals surface area (Å²) in [7, 11) is 0. The van der Waals surface area contributed by atoms with E-state index in [1.807, 2.05) is 45.0 Å². The number of likely N-dealkylation sites (N-methyl/N-ethyl adjacent to an activating group) is 1. The molecule has 2 fully saturated rings. The van der Waals surface area contributed by atoms with E-state index in [1.165, 1.54) is 4.90 Å². The second-order valence-electron chi connectivity index (χ2n) is 8.31. The molecule has 0 N–H and O–H groups in total. The van der Waals surface area contributed by atoms with Gasteiger partial charge in [-0.1, -0.05) is 32.0 Å². The summed E-state index contributed by atoms with van der Waals surface area (Å²) in [5, 5.41) is 0.891. The maximum atomic E-state index is 13.1. The summed E-state index contributed by atoms with van der Waals surface area (Å²) >= 11 is 0. The monoisotopic (exact) mass is 397 g/mol. The minimum atomic E-state index is -0.831. The Hall–Kier alpha value is -2.83. The summed E-state index contributed by atoms with van der Waals surface area (Å²) in [4.78, 5) is 43.7. The van der Waals surface area contributed by atoms with Gasteiger partial charge >= 0.3 is 6.03 Å². The van der Waals surface area contributed by atoms with Gasteiger partial charge in [-0.3, -0.25) is 14.5 Å². The summed E-state index contributed by atoms with van der Waals surface area (Å²) in [6, 6.07) is 9.08. The molecule has 7 heteroatoms. The molecule has 0 atom stereocenters. The van der Waals surface area contributed by atoms with Gasteiger partial charge in [0.1, 0.15) is 11.1 Å². The van der Waals surface area contributed by atoms with Crippen molar-refractivity contribution in [2.24, 2.45) is 5.92 Å². The summed E-state index contributed by atoms with van der Waals surface area (Å²) in [5.41, 5.74) is -0.148. The molecule has 0 saturated carbocycles. The number of carbonyl (C=O) groups excluding carboxylic acids is 3. The van der Waals surface area contributed by atoms with Gasteiger partial charge in [0.25, 0.3) is 11.8 Å². The zero-order valence-electron chi connectivity index (χ0n) is 17.2. The molecule has 2 aromatic rings. The number of para-hydroxylation sites is 1. The standard InChI is InChI=1S/C22H27N3O4/c1-4-24-20(27)22(25(21(24)28)14-15(2)3)9-11-23(12-10-22)19(26)18-13-16-7-5-6-8-17(16)29-18/h5-8,13,15H,4,9-12,14H2,1-3H3. The molecular weight excluding hydrogens is 370 g/mol. The number of imide groups is 1. The first-order chi connectivity index (χ1) is 13.9. The number of amides is 4. The van der Waals surface area contributed by atoms with Crippen molar-refractivity contribution in [3.63, 3.8) is 0 Å². The number of carbonyl (C=O) groups is 3. The van der Waals surface area contributed by atoms with Crippen molar-refractivity contribution >= 4 is 28.8 Å². The predicted octanol–water partition coefficient (Wildman–Crippen LogP) is 3.35. The lowest BCUT2D eigenvalue weighted by Crippen LogP contribution is -2.58. The predicted molar refractivity (Wildman–Crippen MR) is 108 cm³/mol. The highest BCUT2D eigenvalue weighted by molar-refractivity contribution is 6.07. The van der Waals surface area contributed by atoms with Crippen LogP contribution in [0.3, 0.4) is 0 Å². The lowest BCUT2D eigenvalue weighted by atomic mass is 9.85. The Balaban J connectivity index is 1.54. The number of urea groups is 1. The Morgan fingerprint density at radius 3 is 2.48 bits per heavy atom. The van der Waals surface area contributed by atoms with Crippen LogP contribution in [-0.2, 0) is 4.79 Å². The van der Waals surface area contributed by atoms with E-state index in [9.17, 15) is 14.4 Å². The normalized spacial score (nSPS) is 19.2. The fourth-order valence-electron chi connectivity index (χ4n) is 4.49. The summed E-state index contributed by atoms with van der Waals surface area (Å²) in [6.07, 6.45) is 0.902. The third-order valence-electron chi connectivity index (χ3n) is 6.00. The van der Waals surface area contributed by atoms with Gasteiger partial charge in [-0.15, -0.1) is 0 Å². The van der Waals surface area contributed by atoms with E-state index in [4.69, 9.17) is 4.42 Å². The number of hydrogen-bond acceptors (Lipinski definition) is 4. The molecule has 0 unspecified atom stereocenters. The van der Waals surface area contributed by atoms with Crippen molar-refractivity contribution in [1.29, 1.82) is 0 Å². The van der Waals surface area contributed by atoms with Crippen LogP contribution in [0.2, 0.25) is 0 Å². The van der Waals surface area contributed by atoms with Gasteiger partial charge in [-0.05, 0) is 37.8 Å². The molecule has 2 aliphatic heterocycles. The molecule has 4 rings (SSSR count). The highest BCUT2D eigenvalue weighted by atomic mass is 16.3. The van der Waals surface area contributed by atoms with Gasteiger partial charge < -0.3 is 14.2 Å². The zero-order valence-corrected chi connectivity index (χ0v) is 17.2. The molecule has 3 heterocycles. The smallest absolute Gasteiger partial charge is 0.327 e. The largest absolute Gasteiger partial charge is 0.451 e. The van der Waals surface area contributed by atoms with Crippen molar-refractivity contribution in [2.45, 2.75) is 39.2 Å². The van der Waals surface area contributed by atoms with Gasteiger partial charge in [-0.2, -0.15) is 0 Å². The maximum absolute atomic E-state index is 13.1. The molecule has 0 bridgehead atoms. The number of likely N-dealkylation sites (tertiary alicyclic amines) is 1. The van der Waals surface area contributed by atoms with Crippen LogP contribution >= 0.6 is 0 Å². The quantitative estimate of drug-likeness (QED) is 0.742. The molecule has 0 radical (unpaired) electrons. The average Bonchev–Trinajstić information content (AvgIpc) is 3.22. The summed E-state index contributed by atoms with van der Waals surface area (Å²) in [6.45, 7) is 7.65. The van der Waals surface area contributed by atoms with Crippen LogP contribution in [0.1, 0.15) is 44.2 Å². The Morgan fingerprint density at radius 1 is 1.17 bits per heavy atom. The van der Waals surface area contributed by atoms with Crippen LogP contribution in [-0.4, -0.2) is 64.3 Å². The number of piperidine rings is 1. The molecule has 2 saturated heterocycles. The highest BCUT2D eigenvalue weighted by Crippen LogP contribution is 2.38. The van der Waals surface area contributed by atoms with Crippen molar-refractivity contribution in [3.8, 4) is 0 Å². The summed E-state index contributed by atoms with van der Waals surface area (Å²) in [5.74, 6) is 0.276. The van der Waals surface area contributed by atoms with E-state index < -0.39 is 5.54 Å². The molecule has 1 aromatic carbocycles. The SMILES string of the molecule is CCN1C(=O)N(CC(C)C)C2(CCN(C(=O)c3cc4ccccc4o3)CC2)C1=O. The van der Waals surface area contributed by atoms with Crippen LogP contribution < -0.4 is 0 Å². The minimum absolute atomic E-state index is 0.124. The molecule has 154 valence electrons. The first-order valence-electron chi connectivity index (χ1n) is 10.3. The van der Waals surface area contributed by atoms with Crippen molar-refractivity contribution in [3.05, 3.63) is 36.1 Å². The van der Waals surface area contributed by atoms with Gasteiger partial charge in [0, 0.05) is 31.6 Å². The molecule has 4 amide bonds. The first-order valence-corrected chi connectivity index (χ1v) is 10.3. The third kappa shape index (κ3) is 3.09. The molecule has 0 aliphatic carbocycles. The molecule has 1 spiro atoms. The van der Waals surface area contributed by atoms with Gasteiger partial charge in [0.15, 0.2) is 5.76 Å². The van der Waals surface area contributed by atoms with Gasteiger partial charge in [0.2, 0.25) is 0 Å². The third-order valence-corrected chi connectivity index (χ3v) is 6.00. The highest BCUT2D eigenvalue weighted by Gasteiger charge is 2.57. The van der Waals surface area contributed by atoms with Crippen LogP contribution in [0.25, 0.3) is 11.0 Å². The number of rotatable bonds is 4. The lowest BCUT2D eigenvalue weighted by Gasteiger charge is -2.42. The van der Waals surface area contributed by atoms with Gasteiger partial charge in [0.05, 0.1) is 0 Å². The van der Waals surface area contributed by atoms with Crippen LogP contribution in [0.5, 0.6) is 0 Å². The van der Waals surface area contributed by atoms with Crippen LogP contribution in [0.4, 0.5) is 4.79 Å². The second-order valence-corrected chi connectivity index (χ2v) is 8.31. The van der Waals surface area contributed by atoms with E-state index in [-0.39, 0.29) is 23.8 Å². The molecule has 1 aromatic heterocycles. The Bertz CT molecular complexity index is 923. The van der Waals surface area contributed by atoms with Crippen LogP contribution in [0.15, 0.2) is 34.7 Å². The van der Waals surface area contributed by atoms with E-state index in [0.717, 1.165) is 5.39 Å². The fraction of sp³-hybridized carbons (Fsp3) is 0.500. The van der Waals surface area contributed by atoms with Crippen molar-refractivity contribution in [2.75, 3.05) is 26.2 Å². The minimum Gasteiger partial charge on any atom is -0.451 e. The first kappa shape index (κ1) is 19.5. The number of hydrogen-bond donors (Lipinski definition) is 0. The number of nitrogens with zero attached hydrogens (tertiary/aromatic N) is 3. The average molecular weight is 397 g/mol. The zero-order chi connectivity index (χ0) is 20.8. The summed E-state index contributed by atoms with van der Waals surface area (Å²) < 4.78 is 5.72. The number of furan rings is 1. The number of fused-ring (bicyclic) bond motifs is 1. The molecular formula is C22H27N3O4. The van der Waals surface area contributed by atoms with E-state index >= 15 is 0 Å². The Kier molecular flexibility index (Phi) is 4.84. The van der Waals surface area contributed by atoms with E-state index in [2.05, 4.69) is 0 Å². The topological polar surface area (TPSA) is 74.1 Å². The van der Waals surface area contributed by atoms with Crippen molar-refractivity contribution in [1.82, 2.24) is 14.7 Å². The van der Waals surface area contributed by atoms with E-state index in [0.29, 0.717) is 50.4 Å². The molecule has 7 nitrogen and oxygen atoms in total. The fourth-order valence-corrected chi connectivity index (χ4v) is 4.49.